The summed E-state index contributed by atoms with van der Waals surface area (Å²) in [5, 5.41) is 12.0. The Hall–Kier alpha value is -2.40. The average molecular weight is 303 g/mol. The van der Waals surface area contributed by atoms with E-state index in [4.69, 9.17) is 4.74 Å². The number of ether oxygens (including phenoxy) is 1. The van der Waals surface area contributed by atoms with Gasteiger partial charge in [-0.3, -0.25) is 4.79 Å². The van der Waals surface area contributed by atoms with Crippen LogP contribution in [-0.2, 0) is 11.4 Å². The van der Waals surface area contributed by atoms with Crippen molar-refractivity contribution in [2.24, 2.45) is 0 Å². The molecule has 22 heavy (non-hydrogen) atoms. The van der Waals surface area contributed by atoms with E-state index in [0.29, 0.717) is 11.3 Å². The summed E-state index contributed by atoms with van der Waals surface area (Å²) in [4.78, 5) is 11.9. The fourth-order valence-corrected chi connectivity index (χ4v) is 2.04. The van der Waals surface area contributed by atoms with Crippen LogP contribution in [0.3, 0.4) is 0 Å². The number of aliphatic hydroxyl groups excluding tert-OH is 1. The molecule has 0 aliphatic heterocycles. The molecule has 4 nitrogen and oxygen atoms in total. The smallest absolute Gasteiger partial charge is 0.258 e. The maximum absolute atomic E-state index is 12.9. The zero-order valence-electron chi connectivity index (χ0n) is 12.3. The number of hydrogen-bond acceptors (Lipinski definition) is 3. The van der Waals surface area contributed by atoms with E-state index in [1.54, 1.807) is 36.4 Å². The van der Waals surface area contributed by atoms with Crippen molar-refractivity contribution in [3.05, 3.63) is 65.5 Å². The molecule has 0 saturated heterocycles. The maximum atomic E-state index is 12.9. The number of hydrogen-bond donors (Lipinski definition) is 2. The molecule has 116 valence electrons. The summed E-state index contributed by atoms with van der Waals surface area (Å²) >= 11 is 0. The van der Waals surface area contributed by atoms with Crippen LogP contribution in [0.2, 0.25) is 0 Å². The summed E-state index contributed by atoms with van der Waals surface area (Å²) < 4.78 is 18.3. The first-order chi connectivity index (χ1) is 10.6. The van der Waals surface area contributed by atoms with Crippen molar-refractivity contribution in [1.29, 1.82) is 0 Å². The van der Waals surface area contributed by atoms with E-state index in [2.05, 4.69) is 5.32 Å². The largest absolute Gasteiger partial charge is 0.483 e. The van der Waals surface area contributed by atoms with Crippen LogP contribution < -0.4 is 10.1 Å². The zero-order chi connectivity index (χ0) is 15.9. The monoisotopic (exact) mass is 303 g/mol. The fraction of sp³-hybridized carbons (Fsp3) is 0.235. The van der Waals surface area contributed by atoms with Gasteiger partial charge in [-0.15, -0.1) is 0 Å². The topological polar surface area (TPSA) is 58.6 Å². The molecule has 2 rings (SSSR count). The molecule has 0 spiro atoms. The first kappa shape index (κ1) is 16.0. The van der Waals surface area contributed by atoms with Crippen molar-refractivity contribution >= 4 is 5.91 Å². The highest BCUT2D eigenvalue weighted by molar-refractivity contribution is 5.78. The summed E-state index contributed by atoms with van der Waals surface area (Å²) in [6.45, 7) is 1.51. The van der Waals surface area contributed by atoms with Crippen LogP contribution in [0.1, 0.15) is 24.1 Å². The van der Waals surface area contributed by atoms with E-state index in [1.165, 1.54) is 12.1 Å². The van der Waals surface area contributed by atoms with E-state index >= 15 is 0 Å². The number of nitrogens with one attached hydrogen (secondary N) is 1. The highest BCUT2D eigenvalue weighted by atomic mass is 19.1. The lowest BCUT2D eigenvalue weighted by Crippen LogP contribution is -2.31. The van der Waals surface area contributed by atoms with Crippen molar-refractivity contribution in [3.8, 4) is 5.75 Å². The number of carbonyl (C=O) groups excluding carboxylic acids is 1. The van der Waals surface area contributed by atoms with Crippen LogP contribution in [0.4, 0.5) is 4.39 Å². The number of halogens is 1. The van der Waals surface area contributed by atoms with Crippen LogP contribution in [0.15, 0.2) is 48.5 Å². The lowest BCUT2D eigenvalue weighted by molar-refractivity contribution is -0.123. The van der Waals surface area contributed by atoms with Crippen LogP contribution >= 0.6 is 0 Å². The Balaban J connectivity index is 1.88. The molecule has 1 unspecified atom stereocenters. The predicted molar refractivity (Wildman–Crippen MR) is 80.8 cm³/mol. The summed E-state index contributed by atoms with van der Waals surface area (Å²) in [6.07, 6.45) is 0. The number of amides is 1. The van der Waals surface area contributed by atoms with Gasteiger partial charge in [-0.1, -0.05) is 30.3 Å². The number of para-hydroxylation sites is 1. The normalized spacial score (nSPS) is 11.8. The van der Waals surface area contributed by atoms with Gasteiger partial charge in [0, 0.05) is 5.56 Å². The second kappa shape index (κ2) is 7.56. The molecule has 0 aliphatic carbocycles. The molecule has 0 saturated carbocycles. The van der Waals surface area contributed by atoms with Crippen LogP contribution in [0, 0.1) is 5.82 Å². The van der Waals surface area contributed by atoms with E-state index in [0.717, 1.165) is 5.56 Å². The van der Waals surface area contributed by atoms with Gasteiger partial charge in [-0.05, 0) is 30.7 Å². The Labute approximate surface area is 128 Å². The van der Waals surface area contributed by atoms with E-state index < -0.39 is 0 Å². The van der Waals surface area contributed by atoms with Crippen molar-refractivity contribution in [2.75, 3.05) is 6.61 Å². The predicted octanol–water partition coefficient (Wildman–Crippen LogP) is 2.57. The van der Waals surface area contributed by atoms with Gasteiger partial charge in [0.1, 0.15) is 11.6 Å². The number of rotatable bonds is 6. The Morgan fingerprint density at radius 1 is 1.23 bits per heavy atom. The molecule has 2 N–H and O–H groups in total. The highest BCUT2D eigenvalue weighted by Crippen LogP contribution is 2.17. The molecular weight excluding hydrogens is 285 g/mol. The van der Waals surface area contributed by atoms with Crippen molar-refractivity contribution in [1.82, 2.24) is 5.32 Å². The molecule has 5 heteroatoms. The molecule has 0 radical (unpaired) electrons. The number of benzene rings is 2. The fourth-order valence-electron chi connectivity index (χ4n) is 2.04. The van der Waals surface area contributed by atoms with Crippen molar-refractivity contribution in [3.63, 3.8) is 0 Å². The van der Waals surface area contributed by atoms with Gasteiger partial charge in [0.25, 0.3) is 5.91 Å². The third-order valence-electron chi connectivity index (χ3n) is 3.25. The number of carbonyl (C=O) groups is 1. The molecule has 2 aromatic rings. The Kier molecular flexibility index (Phi) is 5.49. The molecule has 0 bridgehead atoms. The first-order valence-corrected chi connectivity index (χ1v) is 6.96. The quantitative estimate of drug-likeness (QED) is 0.862. The van der Waals surface area contributed by atoms with Crippen LogP contribution in [0.25, 0.3) is 0 Å². The summed E-state index contributed by atoms with van der Waals surface area (Å²) in [6, 6.07) is 12.7. The lowest BCUT2D eigenvalue weighted by atomic mass is 10.1. The minimum absolute atomic E-state index is 0.149. The summed E-state index contributed by atoms with van der Waals surface area (Å²) in [5.41, 5.74) is 1.44. The van der Waals surface area contributed by atoms with Gasteiger partial charge in [-0.2, -0.15) is 0 Å². The van der Waals surface area contributed by atoms with Gasteiger partial charge in [0.15, 0.2) is 6.61 Å². The second-order valence-electron chi connectivity index (χ2n) is 4.90. The number of aliphatic hydroxyl groups is 1. The molecule has 1 atom stereocenters. The Bertz CT molecular complexity index is 628. The van der Waals surface area contributed by atoms with E-state index in [9.17, 15) is 14.3 Å². The molecule has 0 aliphatic rings. The highest BCUT2D eigenvalue weighted by Gasteiger charge is 2.11. The van der Waals surface area contributed by atoms with Gasteiger partial charge >= 0.3 is 0 Å². The Morgan fingerprint density at radius 2 is 1.91 bits per heavy atom. The van der Waals surface area contributed by atoms with Gasteiger partial charge in [0.05, 0.1) is 12.6 Å². The molecular formula is C17H18FNO3. The third kappa shape index (κ3) is 4.30. The first-order valence-electron chi connectivity index (χ1n) is 6.96. The summed E-state index contributed by atoms with van der Waals surface area (Å²) in [5.74, 6) is -0.120. The molecule has 2 aromatic carbocycles. The minimum atomic E-state index is -0.314. The van der Waals surface area contributed by atoms with Crippen LogP contribution in [-0.4, -0.2) is 17.6 Å². The molecule has 1 amide bonds. The summed E-state index contributed by atoms with van der Waals surface area (Å²) in [7, 11) is 0. The molecule has 0 fully saturated rings. The molecule has 0 aromatic heterocycles. The second-order valence-corrected chi connectivity index (χ2v) is 4.90. The van der Waals surface area contributed by atoms with E-state index in [1.807, 2.05) is 6.92 Å². The third-order valence-corrected chi connectivity index (χ3v) is 3.25. The van der Waals surface area contributed by atoms with Gasteiger partial charge in [-0.25, -0.2) is 4.39 Å². The zero-order valence-corrected chi connectivity index (χ0v) is 12.3. The standard InChI is InChI=1S/C17H18FNO3/c1-12(13-6-8-15(18)9-7-13)19-17(21)11-22-16-5-3-2-4-14(16)10-20/h2-9,12,20H,10-11H2,1H3,(H,19,21). The lowest BCUT2D eigenvalue weighted by Gasteiger charge is -2.15. The van der Waals surface area contributed by atoms with Gasteiger partial charge in [0.2, 0.25) is 0 Å². The SMILES string of the molecule is CC(NC(=O)COc1ccccc1CO)c1ccc(F)cc1. The van der Waals surface area contributed by atoms with Crippen LogP contribution in [0.5, 0.6) is 5.75 Å². The van der Waals surface area contributed by atoms with Gasteiger partial charge < -0.3 is 15.2 Å². The van der Waals surface area contributed by atoms with Crippen molar-refractivity contribution in [2.45, 2.75) is 19.6 Å². The minimum Gasteiger partial charge on any atom is -0.483 e. The Morgan fingerprint density at radius 3 is 2.59 bits per heavy atom. The average Bonchev–Trinajstić information content (AvgIpc) is 2.53. The molecule has 0 heterocycles. The maximum Gasteiger partial charge on any atom is 0.258 e. The van der Waals surface area contributed by atoms with E-state index in [-0.39, 0.29) is 31.0 Å². The van der Waals surface area contributed by atoms with Crippen molar-refractivity contribution < 1.29 is 19.0 Å².